The van der Waals surface area contributed by atoms with E-state index < -0.39 is 0 Å². The van der Waals surface area contributed by atoms with Crippen molar-refractivity contribution in [3.05, 3.63) is 58.6 Å². The molecule has 0 aliphatic rings. The Morgan fingerprint density at radius 1 is 1.32 bits per heavy atom. The highest BCUT2D eigenvalue weighted by atomic mass is 16.1. The maximum atomic E-state index is 12.1. The third kappa shape index (κ3) is 2.42. The van der Waals surface area contributed by atoms with Crippen molar-refractivity contribution in [2.75, 3.05) is 7.05 Å². The van der Waals surface area contributed by atoms with Crippen molar-refractivity contribution in [1.29, 1.82) is 0 Å². The Hall–Kier alpha value is -3.15. The van der Waals surface area contributed by atoms with Crippen LogP contribution < -0.4 is 11.3 Å². The number of aliphatic imine (C=N–C) groups is 1. The lowest BCUT2D eigenvalue weighted by molar-refractivity contribution is 0.975. The van der Waals surface area contributed by atoms with Crippen LogP contribution in [0.3, 0.4) is 0 Å². The summed E-state index contributed by atoms with van der Waals surface area (Å²) in [6, 6.07) is 11.5. The summed E-state index contributed by atoms with van der Waals surface area (Å²) in [7, 11) is 1.65. The van der Waals surface area contributed by atoms with Gasteiger partial charge < -0.3 is 10.7 Å². The van der Waals surface area contributed by atoms with Gasteiger partial charge in [-0.05, 0) is 18.2 Å². The van der Waals surface area contributed by atoms with E-state index in [9.17, 15) is 4.79 Å². The zero-order valence-electron chi connectivity index (χ0n) is 12.0. The van der Waals surface area contributed by atoms with E-state index in [4.69, 9.17) is 5.73 Å². The van der Waals surface area contributed by atoms with Crippen molar-refractivity contribution in [2.24, 2.45) is 10.7 Å². The maximum Gasteiger partial charge on any atom is 0.273 e. The average Bonchev–Trinajstić information content (AvgIpc) is 2.97. The molecule has 0 atom stereocenters. The van der Waals surface area contributed by atoms with Crippen LogP contribution in [-0.4, -0.2) is 28.4 Å². The summed E-state index contributed by atoms with van der Waals surface area (Å²) in [5.74, 6) is 0. The zero-order valence-corrected chi connectivity index (χ0v) is 12.0. The molecule has 4 N–H and O–H groups in total. The highest BCUT2D eigenvalue weighted by Crippen LogP contribution is 2.22. The number of nitrogens with zero attached hydrogens (tertiary/aromatic N) is 2. The Labute approximate surface area is 126 Å². The van der Waals surface area contributed by atoms with E-state index in [2.05, 4.69) is 20.2 Å². The number of aromatic nitrogens is 3. The fourth-order valence-corrected chi connectivity index (χ4v) is 2.31. The molecule has 0 saturated heterocycles. The second kappa shape index (κ2) is 5.69. The van der Waals surface area contributed by atoms with Crippen molar-refractivity contribution >= 4 is 22.7 Å². The molecular formula is C16H15N5O. The van der Waals surface area contributed by atoms with Gasteiger partial charge in [0.2, 0.25) is 0 Å². The molecule has 0 radical (unpaired) electrons. The summed E-state index contributed by atoms with van der Waals surface area (Å²) in [6.07, 6.45) is 3.00. The Kier molecular flexibility index (Phi) is 3.57. The van der Waals surface area contributed by atoms with E-state index in [1.54, 1.807) is 19.3 Å². The molecule has 1 aromatic carbocycles. The number of rotatable bonds is 3. The number of para-hydroxylation sites is 1. The molecule has 2 heterocycles. The van der Waals surface area contributed by atoms with Gasteiger partial charge in [0.15, 0.2) is 0 Å². The Morgan fingerprint density at radius 3 is 2.86 bits per heavy atom. The fourth-order valence-electron chi connectivity index (χ4n) is 2.31. The van der Waals surface area contributed by atoms with E-state index in [1.165, 1.54) is 6.20 Å². The molecule has 22 heavy (non-hydrogen) atoms. The fraction of sp³-hybridized carbons (Fsp3) is 0.0625. The number of nitrogens with two attached hydrogens (primary N) is 1. The molecule has 0 saturated carbocycles. The first-order valence-electron chi connectivity index (χ1n) is 6.75. The number of benzene rings is 1. The van der Waals surface area contributed by atoms with Gasteiger partial charge in [0.1, 0.15) is 0 Å². The van der Waals surface area contributed by atoms with E-state index in [1.807, 2.05) is 30.3 Å². The smallest absolute Gasteiger partial charge is 0.273 e. The average molecular weight is 293 g/mol. The Morgan fingerprint density at radius 2 is 2.14 bits per heavy atom. The van der Waals surface area contributed by atoms with E-state index in [0.29, 0.717) is 16.8 Å². The van der Waals surface area contributed by atoms with Crippen LogP contribution in [0.5, 0.6) is 0 Å². The second-order valence-corrected chi connectivity index (χ2v) is 4.78. The molecule has 0 fully saturated rings. The molecule has 0 spiro atoms. The van der Waals surface area contributed by atoms with Gasteiger partial charge >= 0.3 is 0 Å². The van der Waals surface area contributed by atoms with Crippen LogP contribution in [0.1, 0.15) is 5.69 Å². The Balaban J connectivity index is 2.16. The minimum absolute atomic E-state index is 0.264. The molecule has 0 aliphatic carbocycles. The molecule has 0 aliphatic heterocycles. The lowest BCUT2D eigenvalue weighted by Gasteiger charge is -2.02. The van der Waals surface area contributed by atoms with Crippen LogP contribution in [0, 0.1) is 0 Å². The summed E-state index contributed by atoms with van der Waals surface area (Å²) in [6.45, 7) is 0. The molecule has 0 amide bonds. The normalized spacial score (nSPS) is 12.3. The SMILES string of the molecule is CN=CC(=CN)c1cc(-c2cc3ccccc3[nH]2)c(=O)[nH]n1. The lowest BCUT2D eigenvalue weighted by atomic mass is 10.1. The van der Waals surface area contributed by atoms with Gasteiger partial charge in [0.05, 0.1) is 17.0 Å². The molecule has 110 valence electrons. The van der Waals surface area contributed by atoms with Crippen molar-refractivity contribution in [3.8, 4) is 11.3 Å². The van der Waals surface area contributed by atoms with Gasteiger partial charge in [-0.3, -0.25) is 9.79 Å². The minimum Gasteiger partial charge on any atom is -0.404 e. The highest BCUT2D eigenvalue weighted by Gasteiger charge is 2.10. The van der Waals surface area contributed by atoms with Gasteiger partial charge in [-0.25, -0.2) is 5.10 Å². The number of allylic oxidation sites excluding steroid dienone is 1. The van der Waals surface area contributed by atoms with E-state index in [-0.39, 0.29) is 5.56 Å². The van der Waals surface area contributed by atoms with Gasteiger partial charge in [-0.1, -0.05) is 18.2 Å². The van der Waals surface area contributed by atoms with Crippen LogP contribution >= 0.6 is 0 Å². The molecule has 3 aromatic rings. The molecule has 2 aromatic heterocycles. The van der Waals surface area contributed by atoms with Gasteiger partial charge in [0, 0.05) is 35.9 Å². The Bertz CT molecular complexity index is 900. The molecule has 6 nitrogen and oxygen atoms in total. The number of H-pyrrole nitrogens is 2. The summed E-state index contributed by atoms with van der Waals surface area (Å²) in [5, 5.41) is 7.56. The summed E-state index contributed by atoms with van der Waals surface area (Å²) in [4.78, 5) is 19.3. The van der Waals surface area contributed by atoms with E-state index >= 15 is 0 Å². The van der Waals surface area contributed by atoms with Gasteiger partial charge in [-0.15, -0.1) is 0 Å². The van der Waals surface area contributed by atoms with Crippen molar-refractivity contribution in [3.63, 3.8) is 0 Å². The van der Waals surface area contributed by atoms with Gasteiger partial charge in [0.25, 0.3) is 5.56 Å². The van der Waals surface area contributed by atoms with Crippen LogP contribution in [0.2, 0.25) is 0 Å². The van der Waals surface area contributed by atoms with E-state index in [0.717, 1.165) is 16.6 Å². The molecule has 0 bridgehead atoms. The number of nitrogens with one attached hydrogen (secondary N) is 2. The molecule has 3 rings (SSSR count). The van der Waals surface area contributed by atoms with Gasteiger partial charge in [-0.2, -0.15) is 5.10 Å². The van der Waals surface area contributed by atoms with Crippen molar-refractivity contribution < 1.29 is 0 Å². The monoisotopic (exact) mass is 293 g/mol. The maximum absolute atomic E-state index is 12.1. The first kappa shape index (κ1) is 13.8. The highest BCUT2D eigenvalue weighted by molar-refractivity contribution is 6.09. The van der Waals surface area contributed by atoms with Crippen LogP contribution in [0.25, 0.3) is 27.7 Å². The third-order valence-electron chi connectivity index (χ3n) is 3.37. The zero-order chi connectivity index (χ0) is 15.5. The molecular weight excluding hydrogens is 278 g/mol. The van der Waals surface area contributed by atoms with Crippen molar-refractivity contribution in [2.45, 2.75) is 0 Å². The minimum atomic E-state index is -0.264. The number of hydrogen-bond acceptors (Lipinski definition) is 4. The predicted molar refractivity (Wildman–Crippen MR) is 88.7 cm³/mol. The first-order valence-corrected chi connectivity index (χ1v) is 6.75. The number of fused-ring (bicyclic) bond motifs is 1. The standard InChI is InChI=1S/C16H15N5O/c1-18-9-11(8-17)14-7-12(16(22)21-20-14)15-6-10-4-2-3-5-13(10)19-15/h2-9,19H,17H2,1H3,(H,21,22). The van der Waals surface area contributed by atoms with Crippen LogP contribution in [-0.2, 0) is 0 Å². The van der Waals surface area contributed by atoms with Crippen molar-refractivity contribution in [1.82, 2.24) is 15.2 Å². The summed E-state index contributed by atoms with van der Waals surface area (Å²) in [5.41, 5.74) is 8.72. The quantitative estimate of drug-likeness (QED) is 0.643. The van der Waals surface area contributed by atoms with Crippen LogP contribution in [0.15, 0.2) is 52.4 Å². The third-order valence-corrected chi connectivity index (χ3v) is 3.37. The number of hydrogen-bond donors (Lipinski definition) is 3. The second-order valence-electron chi connectivity index (χ2n) is 4.78. The topological polar surface area (TPSA) is 99.9 Å². The number of aromatic amines is 2. The lowest BCUT2D eigenvalue weighted by Crippen LogP contribution is -2.13. The predicted octanol–water partition coefficient (Wildman–Crippen LogP) is 1.92. The summed E-state index contributed by atoms with van der Waals surface area (Å²) >= 11 is 0. The largest absolute Gasteiger partial charge is 0.404 e. The first-order chi connectivity index (χ1) is 10.7. The van der Waals surface area contributed by atoms with Crippen LogP contribution in [0.4, 0.5) is 0 Å². The molecule has 0 unspecified atom stereocenters. The molecule has 6 heteroatoms. The summed E-state index contributed by atoms with van der Waals surface area (Å²) < 4.78 is 0.